The number of hydrogen-bond acceptors (Lipinski definition) is 5. The number of carbonyl (C=O) groups excluding carboxylic acids is 1. The number of carbonyl (C=O) groups is 1. The molecule has 3 aromatic rings. The van der Waals surface area contributed by atoms with Crippen LogP contribution in [0.1, 0.15) is 32.7 Å². The number of piperazine rings is 1. The lowest BCUT2D eigenvalue weighted by Crippen LogP contribution is -2.51. The quantitative estimate of drug-likeness (QED) is 0.552. The zero-order valence-electron chi connectivity index (χ0n) is 20.1. The lowest BCUT2D eigenvalue weighted by atomic mass is 10.0. The van der Waals surface area contributed by atoms with E-state index in [1.54, 1.807) is 0 Å². The number of aromatic nitrogens is 2. The molecule has 1 aromatic heterocycles. The molecule has 0 unspecified atom stereocenters. The molecule has 1 fully saturated rings. The lowest BCUT2D eigenvalue weighted by molar-refractivity contribution is 0.0690. The van der Waals surface area contributed by atoms with Crippen molar-refractivity contribution in [3.05, 3.63) is 86.6 Å². The van der Waals surface area contributed by atoms with Crippen LogP contribution in [-0.4, -0.2) is 59.5 Å². The van der Waals surface area contributed by atoms with Gasteiger partial charge < -0.3 is 4.90 Å². The molecule has 2 heterocycles. The topological polar surface area (TPSA) is 92.6 Å². The molecule has 0 aliphatic carbocycles. The Balaban J connectivity index is 1.54. The molecule has 0 saturated carbocycles. The molecule has 35 heavy (non-hydrogen) atoms. The molecule has 4 rings (SSSR count). The van der Waals surface area contributed by atoms with Gasteiger partial charge in [-0.25, -0.2) is 12.8 Å². The van der Waals surface area contributed by atoms with Crippen molar-refractivity contribution >= 4 is 15.9 Å². The first kappa shape index (κ1) is 24.7. The van der Waals surface area contributed by atoms with E-state index in [0.29, 0.717) is 10.6 Å². The fourth-order valence-electron chi connectivity index (χ4n) is 4.28. The van der Waals surface area contributed by atoms with Crippen molar-refractivity contribution < 1.29 is 17.6 Å². The fourth-order valence-corrected chi connectivity index (χ4v) is 6.28. The Morgan fingerprint density at radius 3 is 2.03 bits per heavy atom. The van der Waals surface area contributed by atoms with E-state index in [1.807, 2.05) is 33.8 Å². The highest BCUT2D eigenvalue weighted by molar-refractivity contribution is 7.89. The number of benzene rings is 2. The summed E-state index contributed by atoms with van der Waals surface area (Å²) in [5.74, 6) is -0.857. The van der Waals surface area contributed by atoms with Crippen LogP contribution in [-0.2, 0) is 10.0 Å². The standard InChI is InChI=1S/C25H27FN4O4S/c1-16-15-17(2)19(4)24(18(16)3)35(33,34)29-13-11-28(12-14-29)25(32)22-9-10-23(31)30(27-22)21-7-5-20(26)6-8-21/h5-10,15H,11-14H2,1-4H3. The van der Waals surface area contributed by atoms with Crippen molar-refractivity contribution in [2.45, 2.75) is 32.6 Å². The Morgan fingerprint density at radius 1 is 0.886 bits per heavy atom. The monoisotopic (exact) mass is 498 g/mol. The van der Waals surface area contributed by atoms with E-state index in [4.69, 9.17) is 0 Å². The van der Waals surface area contributed by atoms with E-state index >= 15 is 0 Å². The van der Waals surface area contributed by atoms with Crippen LogP contribution in [0.3, 0.4) is 0 Å². The van der Waals surface area contributed by atoms with Crippen LogP contribution in [0.4, 0.5) is 4.39 Å². The van der Waals surface area contributed by atoms with Crippen molar-refractivity contribution in [3.8, 4) is 5.69 Å². The summed E-state index contributed by atoms with van der Waals surface area (Å²) in [4.78, 5) is 27.2. The first-order valence-electron chi connectivity index (χ1n) is 11.2. The van der Waals surface area contributed by atoms with Crippen LogP contribution in [0.25, 0.3) is 5.69 Å². The zero-order chi connectivity index (χ0) is 25.5. The predicted octanol–water partition coefficient (Wildman–Crippen LogP) is 2.75. The second-order valence-corrected chi connectivity index (χ2v) is 10.6. The molecule has 0 atom stereocenters. The van der Waals surface area contributed by atoms with E-state index < -0.39 is 27.3 Å². The van der Waals surface area contributed by atoms with Gasteiger partial charge in [-0.3, -0.25) is 9.59 Å². The van der Waals surface area contributed by atoms with Crippen molar-refractivity contribution in [3.63, 3.8) is 0 Å². The Hall–Kier alpha value is -3.37. The van der Waals surface area contributed by atoms with Crippen LogP contribution >= 0.6 is 0 Å². The molecule has 1 amide bonds. The molecule has 184 valence electrons. The first-order valence-corrected chi connectivity index (χ1v) is 12.7. The van der Waals surface area contributed by atoms with Crippen molar-refractivity contribution in [1.29, 1.82) is 0 Å². The third kappa shape index (κ3) is 4.63. The maximum atomic E-state index is 13.5. The number of rotatable bonds is 4. The van der Waals surface area contributed by atoms with Crippen molar-refractivity contribution in [2.24, 2.45) is 0 Å². The summed E-state index contributed by atoms with van der Waals surface area (Å²) >= 11 is 0. The number of amides is 1. The van der Waals surface area contributed by atoms with E-state index in [2.05, 4.69) is 5.10 Å². The summed E-state index contributed by atoms with van der Waals surface area (Å²) in [6.07, 6.45) is 0. The lowest BCUT2D eigenvalue weighted by Gasteiger charge is -2.34. The Morgan fingerprint density at radius 2 is 1.46 bits per heavy atom. The van der Waals surface area contributed by atoms with Gasteiger partial charge in [0.15, 0.2) is 0 Å². The molecular weight excluding hydrogens is 471 g/mol. The van der Waals surface area contributed by atoms with E-state index in [0.717, 1.165) is 26.9 Å². The summed E-state index contributed by atoms with van der Waals surface area (Å²) in [5, 5.41) is 4.16. The highest BCUT2D eigenvalue weighted by Gasteiger charge is 2.33. The fraction of sp³-hybridized carbons (Fsp3) is 0.320. The van der Waals surface area contributed by atoms with Gasteiger partial charge in [-0.15, -0.1) is 0 Å². The minimum atomic E-state index is -3.73. The SMILES string of the molecule is Cc1cc(C)c(C)c(S(=O)(=O)N2CCN(C(=O)c3ccc(=O)n(-c4ccc(F)cc4)n3)CC2)c1C. The van der Waals surface area contributed by atoms with Crippen LogP contribution in [0.2, 0.25) is 0 Å². The van der Waals surface area contributed by atoms with E-state index in [1.165, 1.54) is 45.6 Å². The van der Waals surface area contributed by atoms with Gasteiger partial charge in [-0.2, -0.15) is 14.1 Å². The van der Waals surface area contributed by atoms with Gasteiger partial charge in [0.25, 0.3) is 11.5 Å². The average molecular weight is 499 g/mol. The van der Waals surface area contributed by atoms with Crippen LogP contribution in [0.15, 0.2) is 52.2 Å². The highest BCUT2D eigenvalue weighted by Crippen LogP contribution is 2.29. The third-order valence-electron chi connectivity index (χ3n) is 6.51. The van der Waals surface area contributed by atoms with Gasteiger partial charge in [0.1, 0.15) is 11.5 Å². The molecule has 1 aliphatic rings. The van der Waals surface area contributed by atoms with Gasteiger partial charge >= 0.3 is 0 Å². The van der Waals surface area contributed by atoms with Gasteiger partial charge in [-0.1, -0.05) is 6.07 Å². The molecule has 8 nitrogen and oxygen atoms in total. The van der Waals surface area contributed by atoms with E-state index in [-0.39, 0.29) is 31.9 Å². The molecule has 1 saturated heterocycles. The van der Waals surface area contributed by atoms with Crippen molar-refractivity contribution in [2.75, 3.05) is 26.2 Å². The Labute approximate surface area is 203 Å². The minimum absolute atomic E-state index is 0.0474. The number of hydrogen-bond donors (Lipinski definition) is 0. The second kappa shape index (κ2) is 9.35. The number of aryl methyl sites for hydroxylation is 2. The number of sulfonamides is 1. The zero-order valence-corrected chi connectivity index (χ0v) is 20.9. The van der Waals surface area contributed by atoms with Gasteiger partial charge in [-0.05, 0) is 80.3 Å². The van der Waals surface area contributed by atoms with Crippen LogP contribution < -0.4 is 5.56 Å². The number of halogens is 1. The third-order valence-corrected chi connectivity index (χ3v) is 8.68. The maximum Gasteiger partial charge on any atom is 0.274 e. The number of nitrogens with zero attached hydrogens (tertiary/aromatic N) is 4. The molecular formula is C25H27FN4O4S. The second-order valence-electron chi connectivity index (χ2n) is 8.73. The average Bonchev–Trinajstić information content (AvgIpc) is 2.83. The maximum absolute atomic E-state index is 13.5. The van der Waals surface area contributed by atoms with Gasteiger partial charge in [0.05, 0.1) is 10.6 Å². The summed E-state index contributed by atoms with van der Waals surface area (Å²) in [6.45, 7) is 8.11. The largest absolute Gasteiger partial charge is 0.335 e. The molecule has 0 spiro atoms. The summed E-state index contributed by atoms with van der Waals surface area (Å²) in [7, 11) is -3.73. The molecule has 1 aliphatic heterocycles. The predicted molar refractivity (Wildman–Crippen MR) is 130 cm³/mol. The van der Waals surface area contributed by atoms with Crippen LogP contribution in [0.5, 0.6) is 0 Å². The summed E-state index contributed by atoms with van der Waals surface area (Å²) in [6, 6.07) is 9.77. The molecule has 0 radical (unpaired) electrons. The summed E-state index contributed by atoms with van der Waals surface area (Å²) < 4.78 is 42.7. The Bertz CT molecular complexity index is 1430. The van der Waals surface area contributed by atoms with Gasteiger partial charge in [0, 0.05) is 32.2 Å². The normalized spacial score (nSPS) is 14.8. The smallest absolute Gasteiger partial charge is 0.274 e. The molecule has 2 aromatic carbocycles. The first-order chi connectivity index (χ1) is 16.5. The molecule has 10 heteroatoms. The van der Waals surface area contributed by atoms with Gasteiger partial charge in [0.2, 0.25) is 10.0 Å². The minimum Gasteiger partial charge on any atom is -0.335 e. The van der Waals surface area contributed by atoms with Crippen molar-refractivity contribution in [1.82, 2.24) is 19.0 Å². The summed E-state index contributed by atoms with van der Waals surface area (Å²) in [5.41, 5.74) is 3.24. The molecule has 0 N–H and O–H groups in total. The highest BCUT2D eigenvalue weighted by atomic mass is 32.2. The van der Waals surface area contributed by atoms with E-state index in [9.17, 15) is 22.4 Å². The molecule has 0 bridgehead atoms. The Kier molecular flexibility index (Phi) is 6.61. The van der Waals surface area contributed by atoms with Crippen LogP contribution in [0, 0.1) is 33.5 Å².